The molecule has 2 amide bonds. The molecular formula is C32H32F2N8O6. The minimum atomic E-state index is -1.20. The average Bonchev–Trinajstić information content (AvgIpc) is 3.72. The van der Waals surface area contributed by atoms with Crippen LogP contribution in [0.15, 0.2) is 48.9 Å². The molecular weight excluding hydrogens is 630 g/mol. The Bertz CT molecular complexity index is 1870. The summed E-state index contributed by atoms with van der Waals surface area (Å²) in [6, 6.07) is 9.25. The van der Waals surface area contributed by atoms with E-state index in [0.29, 0.717) is 61.9 Å². The van der Waals surface area contributed by atoms with Crippen molar-refractivity contribution in [1.29, 1.82) is 5.26 Å². The lowest BCUT2D eigenvalue weighted by Crippen LogP contribution is -2.54. The van der Waals surface area contributed by atoms with Crippen LogP contribution in [-0.4, -0.2) is 104 Å². The number of anilines is 2. The second-order valence-electron chi connectivity index (χ2n) is 11.0. The number of carbonyl (C=O) groups excluding carboxylic acids is 2. The number of rotatable bonds is 7. The van der Waals surface area contributed by atoms with Crippen LogP contribution in [0, 0.1) is 29.9 Å². The summed E-state index contributed by atoms with van der Waals surface area (Å²) in [7, 11) is 0. The van der Waals surface area contributed by atoms with E-state index in [4.69, 9.17) is 19.9 Å². The summed E-state index contributed by atoms with van der Waals surface area (Å²) in [6.45, 7) is 3.25. The number of halogens is 2. The van der Waals surface area contributed by atoms with E-state index in [-0.39, 0.29) is 41.3 Å². The number of benzene rings is 2. The summed E-state index contributed by atoms with van der Waals surface area (Å²) in [4.78, 5) is 46.7. The Labute approximate surface area is 273 Å². The third-order valence-corrected chi connectivity index (χ3v) is 8.05. The second-order valence-corrected chi connectivity index (χ2v) is 11.0. The zero-order valence-corrected chi connectivity index (χ0v) is 25.8. The van der Waals surface area contributed by atoms with Gasteiger partial charge < -0.3 is 35.4 Å². The summed E-state index contributed by atoms with van der Waals surface area (Å²) >= 11 is 0. The third kappa shape index (κ3) is 7.01. The average molecular weight is 663 g/mol. The summed E-state index contributed by atoms with van der Waals surface area (Å²) in [6.07, 6.45) is 4.37. The van der Waals surface area contributed by atoms with Crippen LogP contribution in [-0.2, 0) is 9.59 Å². The highest BCUT2D eigenvalue weighted by Crippen LogP contribution is 2.32. The fraction of sp³-hybridized carbons (Fsp3) is 0.312. The predicted octanol–water partition coefficient (Wildman–Crippen LogP) is 2.34. The van der Waals surface area contributed by atoms with Crippen LogP contribution in [0.3, 0.4) is 0 Å². The molecule has 2 aliphatic heterocycles. The van der Waals surface area contributed by atoms with Gasteiger partial charge in [-0.25, -0.2) is 14.4 Å². The van der Waals surface area contributed by atoms with Crippen LogP contribution in [0.2, 0.25) is 0 Å². The Balaban J connectivity index is 0.00000145. The molecule has 2 aliphatic rings. The molecule has 4 N–H and O–H groups in total. The van der Waals surface area contributed by atoms with Crippen molar-refractivity contribution in [3.63, 3.8) is 0 Å². The van der Waals surface area contributed by atoms with E-state index >= 15 is 0 Å². The number of β-amino-alcohol motifs (C(OH)–C–C–N with tert-alkyl or cyclic N) is 1. The Morgan fingerprint density at radius 3 is 2.54 bits per heavy atom. The molecule has 16 heteroatoms. The van der Waals surface area contributed by atoms with Gasteiger partial charge in [0.2, 0.25) is 11.7 Å². The second kappa shape index (κ2) is 14.8. The summed E-state index contributed by atoms with van der Waals surface area (Å²) < 4.78 is 36.1. The van der Waals surface area contributed by atoms with Gasteiger partial charge in [-0.05, 0) is 49.2 Å². The molecule has 4 heterocycles. The molecule has 4 aromatic rings. The Hall–Kier alpha value is -5.66. The largest absolute Gasteiger partial charge is 0.483 e. The number of ether oxygens (including phenoxy) is 1. The van der Waals surface area contributed by atoms with Crippen molar-refractivity contribution < 1.29 is 38.1 Å². The molecule has 2 aromatic carbocycles. The Kier molecular flexibility index (Phi) is 10.4. The first-order valence-electron chi connectivity index (χ1n) is 14.9. The van der Waals surface area contributed by atoms with Crippen molar-refractivity contribution in [2.75, 3.05) is 44.6 Å². The van der Waals surface area contributed by atoms with E-state index < -0.39 is 24.3 Å². The highest BCUT2D eigenvalue weighted by molar-refractivity contribution is 5.96. The van der Waals surface area contributed by atoms with Crippen molar-refractivity contribution in [3.05, 3.63) is 71.7 Å². The van der Waals surface area contributed by atoms with Crippen LogP contribution in [0.1, 0.15) is 22.3 Å². The molecule has 0 radical (unpaired) electrons. The molecule has 6 rings (SSSR count). The molecule has 14 nitrogen and oxygen atoms in total. The molecule has 2 saturated heterocycles. The highest BCUT2D eigenvalue weighted by atomic mass is 19.2. The van der Waals surface area contributed by atoms with E-state index in [9.17, 15) is 23.5 Å². The number of nitriles is 1. The number of imidazole rings is 1. The van der Waals surface area contributed by atoms with Crippen LogP contribution in [0.4, 0.5) is 20.3 Å². The Morgan fingerprint density at radius 2 is 1.88 bits per heavy atom. The lowest BCUT2D eigenvalue weighted by atomic mass is 10.1. The molecule has 0 unspecified atom stereocenters. The van der Waals surface area contributed by atoms with Gasteiger partial charge in [-0.2, -0.15) is 9.65 Å². The summed E-state index contributed by atoms with van der Waals surface area (Å²) in [5.74, 6) is -2.50. The van der Waals surface area contributed by atoms with Crippen LogP contribution in [0.25, 0.3) is 16.9 Å². The van der Waals surface area contributed by atoms with Crippen molar-refractivity contribution in [2.24, 2.45) is 0 Å². The number of carboxylic acid groups (broad SMARTS) is 1. The van der Waals surface area contributed by atoms with Gasteiger partial charge >= 0.3 is 0 Å². The molecule has 0 saturated carbocycles. The number of amides is 2. The van der Waals surface area contributed by atoms with Crippen molar-refractivity contribution in [3.8, 4) is 23.1 Å². The zero-order valence-electron chi connectivity index (χ0n) is 25.8. The number of nitrogens with one attached hydrogen (secondary N) is 2. The summed E-state index contributed by atoms with van der Waals surface area (Å²) in [5.41, 5.74) is 2.53. The van der Waals surface area contributed by atoms with Gasteiger partial charge in [0.25, 0.3) is 12.4 Å². The highest BCUT2D eigenvalue weighted by Gasteiger charge is 2.33. The molecule has 250 valence electrons. The smallest absolute Gasteiger partial charge is 0.290 e. The fourth-order valence-corrected chi connectivity index (χ4v) is 5.70. The Morgan fingerprint density at radius 1 is 1.15 bits per heavy atom. The van der Waals surface area contributed by atoms with Crippen LogP contribution in [0.5, 0.6) is 5.75 Å². The van der Waals surface area contributed by atoms with Crippen LogP contribution < -0.4 is 15.4 Å². The van der Waals surface area contributed by atoms with Gasteiger partial charge in [0.15, 0.2) is 29.6 Å². The van der Waals surface area contributed by atoms with Gasteiger partial charge in [-0.3, -0.25) is 18.8 Å². The number of aliphatic hydroxyl groups is 1. The molecule has 2 aromatic heterocycles. The quantitative estimate of drug-likeness (QED) is 0.213. The number of piperazine rings is 1. The molecule has 2 fully saturated rings. The van der Waals surface area contributed by atoms with E-state index in [1.54, 1.807) is 38.6 Å². The number of aliphatic hydroxyl groups excluding tert-OH is 1. The molecule has 0 spiro atoms. The van der Waals surface area contributed by atoms with Gasteiger partial charge in [-0.15, -0.1) is 0 Å². The van der Waals surface area contributed by atoms with Crippen molar-refractivity contribution in [2.45, 2.75) is 25.5 Å². The first-order chi connectivity index (χ1) is 23.2. The monoisotopic (exact) mass is 662 g/mol. The number of aryl methyl sites for hydroxylation is 1. The van der Waals surface area contributed by atoms with Gasteiger partial charge in [0.05, 0.1) is 24.0 Å². The van der Waals surface area contributed by atoms with Gasteiger partial charge in [-0.1, -0.05) is 0 Å². The maximum absolute atomic E-state index is 15.0. The van der Waals surface area contributed by atoms with E-state index in [1.807, 2.05) is 13.0 Å². The standard InChI is InChI=1S/C31H30F2N8O4.CH2O2/c1-18-14-19(2-3-21(18)30(43)39-9-11-40(12-10-39)31(44)23-15-20(42)16-36-23)38-28-29-37-17-24(41(29)8-7-35-28)22-4-5-25(45-13-6-34)27(33)26(22)32;2-1-3/h2-5,7-8,14,17,20,23,36,42H,9-13,15-16H2,1H3,(H,35,38);1H,(H,2,3)/t20-,23+;/m1./s1. The van der Waals surface area contributed by atoms with Crippen molar-refractivity contribution in [1.82, 2.24) is 29.5 Å². The topological polar surface area (TPSA) is 185 Å². The third-order valence-electron chi connectivity index (χ3n) is 8.05. The maximum atomic E-state index is 15.0. The number of carbonyl (C=O) groups is 3. The molecule has 0 bridgehead atoms. The van der Waals surface area contributed by atoms with E-state index in [2.05, 4.69) is 20.6 Å². The number of nitrogens with zero attached hydrogens (tertiary/aromatic N) is 6. The van der Waals surface area contributed by atoms with E-state index in [0.717, 1.165) is 5.56 Å². The summed E-state index contributed by atoms with van der Waals surface area (Å²) in [5, 5.41) is 31.5. The molecule has 0 aliphatic carbocycles. The number of aromatic nitrogens is 3. The van der Waals surface area contributed by atoms with Crippen molar-refractivity contribution >= 4 is 35.4 Å². The number of hydrogen-bond acceptors (Lipinski definition) is 10. The lowest BCUT2D eigenvalue weighted by Gasteiger charge is -2.36. The molecule has 48 heavy (non-hydrogen) atoms. The van der Waals surface area contributed by atoms with Crippen LogP contribution >= 0.6 is 0 Å². The van der Waals surface area contributed by atoms with Gasteiger partial charge in [0, 0.05) is 61.9 Å². The molecule has 2 atom stereocenters. The lowest BCUT2D eigenvalue weighted by molar-refractivity contribution is -0.134. The van der Waals surface area contributed by atoms with E-state index in [1.165, 1.54) is 24.5 Å². The number of fused-ring (bicyclic) bond motifs is 1. The number of hydrogen-bond donors (Lipinski definition) is 4. The minimum absolute atomic E-state index is 0.0423. The predicted molar refractivity (Wildman–Crippen MR) is 167 cm³/mol. The SMILES string of the molecule is Cc1cc(Nc2nccn3c(-c4ccc(OCC#N)c(F)c4F)cnc23)ccc1C(=O)N1CCN(C(=O)[C@@H]2C[C@@H](O)CN2)CC1.O=CO. The first kappa shape index (κ1) is 33.7. The van der Waals surface area contributed by atoms with Gasteiger partial charge in [0.1, 0.15) is 6.07 Å². The minimum Gasteiger partial charge on any atom is -0.483 e. The fourth-order valence-electron chi connectivity index (χ4n) is 5.70. The maximum Gasteiger partial charge on any atom is 0.290 e. The normalized spacial score (nSPS) is 17.3. The zero-order chi connectivity index (χ0) is 34.4. The first-order valence-corrected chi connectivity index (χ1v) is 14.9.